The van der Waals surface area contributed by atoms with E-state index in [2.05, 4.69) is 25.7 Å². The number of carbonyl (C=O) groups is 1. The summed E-state index contributed by atoms with van der Waals surface area (Å²) in [7, 11) is 1.21. The summed E-state index contributed by atoms with van der Waals surface area (Å²) in [5, 5.41) is 18.2. The molecule has 6 heteroatoms. The Morgan fingerprint density at radius 2 is 1.95 bits per heavy atom. The van der Waals surface area contributed by atoms with E-state index in [9.17, 15) is 4.79 Å². The molecule has 0 aliphatic carbocycles. The molecule has 0 fully saturated rings. The third-order valence-corrected chi connectivity index (χ3v) is 2.82. The van der Waals surface area contributed by atoms with E-state index in [0.717, 1.165) is 22.2 Å². The third-order valence-electron chi connectivity index (χ3n) is 2.29. The number of rotatable bonds is 4. The number of hydrogen-bond acceptors (Lipinski definition) is 5. The Bertz CT molecular complexity index is 607. The minimum atomic E-state index is -1.75. The summed E-state index contributed by atoms with van der Waals surface area (Å²) in [6.45, 7) is 0. The molecule has 100 valence electrons. The van der Waals surface area contributed by atoms with E-state index in [-0.39, 0.29) is 0 Å². The molecule has 0 unspecified atom stereocenters. The van der Waals surface area contributed by atoms with Crippen molar-refractivity contribution in [2.75, 3.05) is 7.11 Å². The zero-order chi connectivity index (χ0) is 15.0. The number of esters is 1. The van der Waals surface area contributed by atoms with Crippen molar-refractivity contribution in [3.05, 3.63) is 46.5 Å². The molecule has 0 aliphatic rings. The summed E-state index contributed by atoms with van der Waals surface area (Å²) < 4.78 is 5.32. The number of methoxy groups -OCH3 is 1. The summed E-state index contributed by atoms with van der Waals surface area (Å²) in [5.41, 5.74) is -1.02. The Morgan fingerprint density at radius 1 is 1.35 bits per heavy atom. The first-order valence-corrected chi connectivity index (χ1v) is 6.25. The van der Waals surface area contributed by atoms with Crippen LogP contribution in [0.15, 0.2) is 45.9 Å². The number of ether oxygens (including phenoxy) is 1. The van der Waals surface area contributed by atoms with E-state index in [1.165, 1.54) is 13.3 Å². The molecule has 1 aromatic rings. The van der Waals surface area contributed by atoms with E-state index in [1.54, 1.807) is 24.3 Å². The molecule has 0 atom stereocenters. The van der Waals surface area contributed by atoms with Gasteiger partial charge in [-0.25, -0.2) is 4.79 Å². The van der Waals surface area contributed by atoms with Gasteiger partial charge in [0.15, 0.2) is 0 Å². The number of aliphatic imine (C=N–C) groups is 1. The van der Waals surface area contributed by atoms with Crippen LogP contribution in [-0.4, -0.2) is 24.8 Å². The van der Waals surface area contributed by atoms with Crippen LogP contribution >= 0.6 is 15.9 Å². The summed E-state index contributed by atoms with van der Waals surface area (Å²) in [6, 6.07) is 10.7. The molecule has 1 rings (SSSR count). The molecule has 1 aromatic carbocycles. The van der Waals surface area contributed by atoms with Gasteiger partial charge in [0.05, 0.1) is 7.11 Å². The van der Waals surface area contributed by atoms with E-state index in [0.29, 0.717) is 0 Å². The Labute approximate surface area is 124 Å². The minimum Gasteiger partial charge on any atom is -0.466 e. The Kier molecular flexibility index (Phi) is 5.64. The third kappa shape index (κ3) is 4.34. The SMILES string of the molecule is COC(=O)/C=C/C(C#N)(C#N)N=Cc1ccc(Br)cc1. The molecule has 0 saturated heterocycles. The fraction of sp³-hybridized carbons (Fsp3) is 0.143. The van der Waals surface area contributed by atoms with Crippen LogP contribution in [0.25, 0.3) is 0 Å². The highest BCUT2D eigenvalue weighted by molar-refractivity contribution is 9.10. The molecule has 0 N–H and O–H groups in total. The molecule has 0 heterocycles. The molecule has 0 amide bonds. The maximum Gasteiger partial charge on any atom is 0.330 e. The van der Waals surface area contributed by atoms with Gasteiger partial charge in [-0.1, -0.05) is 28.1 Å². The molecule has 0 bridgehead atoms. The van der Waals surface area contributed by atoms with Gasteiger partial charge in [-0.2, -0.15) is 10.5 Å². The van der Waals surface area contributed by atoms with Gasteiger partial charge in [-0.05, 0) is 23.8 Å². The van der Waals surface area contributed by atoms with Gasteiger partial charge in [0, 0.05) is 16.8 Å². The molecule has 0 saturated carbocycles. The van der Waals surface area contributed by atoms with E-state index < -0.39 is 11.5 Å². The lowest BCUT2D eigenvalue weighted by Gasteiger charge is -2.06. The summed E-state index contributed by atoms with van der Waals surface area (Å²) >= 11 is 3.30. The Morgan fingerprint density at radius 3 is 2.45 bits per heavy atom. The lowest BCUT2D eigenvalue weighted by molar-refractivity contribution is -0.134. The van der Waals surface area contributed by atoms with Gasteiger partial charge in [0.25, 0.3) is 5.54 Å². The summed E-state index contributed by atoms with van der Waals surface area (Å²) in [5.74, 6) is -0.654. The highest BCUT2D eigenvalue weighted by atomic mass is 79.9. The van der Waals surface area contributed by atoms with Gasteiger partial charge in [0.2, 0.25) is 0 Å². The standard InChI is InChI=1S/C14H10BrN3O2/c1-20-13(19)6-7-14(9-16,10-17)18-8-11-2-4-12(15)5-3-11/h2-8H,1H3/b7-6+,18-8?. The minimum absolute atomic E-state index is 0.654. The van der Waals surface area contributed by atoms with Crippen molar-refractivity contribution in [1.29, 1.82) is 10.5 Å². The molecule has 5 nitrogen and oxygen atoms in total. The van der Waals surface area contributed by atoms with Crippen LogP contribution in [-0.2, 0) is 9.53 Å². The van der Waals surface area contributed by atoms with Crippen molar-refractivity contribution in [3.63, 3.8) is 0 Å². The van der Waals surface area contributed by atoms with Gasteiger partial charge in [-0.3, -0.25) is 4.99 Å². The second-order valence-corrected chi connectivity index (χ2v) is 4.57. The fourth-order valence-electron chi connectivity index (χ4n) is 1.18. The number of hydrogen-bond donors (Lipinski definition) is 0. The smallest absolute Gasteiger partial charge is 0.330 e. The normalized spacial score (nSPS) is 11.2. The van der Waals surface area contributed by atoms with Crippen molar-refractivity contribution in [2.45, 2.75) is 5.54 Å². The second-order valence-electron chi connectivity index (χ2n) is 3.66. The van der Waals surface area contributed by atoms with Gasteiger partial charge in [-0.15, -0.1) is 0 Å². The average molecular weight is 332 g/mol. The van der Waals surface area contributed by atoms with Crippen molar-refractivity contribution in [2.24, 2.45) is 4.99 Å². The molecule has 0 aromatic heterocycles. The van der Waals surface area contributed by atoms with Crippen molar-refractivity contribution in [1.82, 2.24) is 0 Å². The zero-order valence-corrected chi connectivity index (χ0v) is 12.2. The quantitative estimate of drug-likeness (QED) is 0.481. The van der Waals surface area contributed by atoms with Crippen LogP contribution in [0.4, 0.5) is 0 Å². The number of carbonyl (C=O) groups excluding carboxylic acids is 1. The monoisotopic (exact) mass is 331 g/mol. The van der Waals surface area contributed by atoms with Crippen LogP contribution in [0.3, 0.4) is 0 Å². The van der Waals surface area contributed by atoms with E-state index in [1.807, 2.05) is 12.1 Å². The van der Waals surface area contributed by atoms with Crippen LogP contribution in [0.2, 0.25) is 0 Å². The number of nitrogens with zero attached hydrogens (tertiary/aromatic N) is 3. The Balaban J connectivity index is 3.01. The first-order chi connectivity index (χ1) is 9.55. The largest absolute Gasteiger partial charge is 0.466 e. The van der Waals surface area contributed by atoms with Crippen LogP contribution in [0.5, 0.6) is 0 Å². The molecule has 0 radical (unpaired) electrons. The lowest BCUT2D eigenvalue weighted by Crippen LogP contribution is -2.19. The highest BCUT2D eigenvalue weighted by Gasteiger charge is 2.25. The predicted molar refractivity (Wildman–Crippen MR) is 76.8 cm³/mol. The van der Waals surface area contributed by atoms with Crippen molar-refractivity contribution < 1.29 is 9.53 Å². The summed E-state index contributed by atoms with van der Waals surface area (Å²) in [4.78, 5) is 15.0. The molecular formula is C14H10BrN3O2. The molecule has 0 spiro atoms. The van der Waals surface area contributed by atoms with Gasteiger partial charge >= 0.3 is 5.97 Å². The maximum absolute atomic E-state index is 11.0. The zero-order valence-electron chi connectivity index (χ0n) is 10.6. The van der Waals surface area contributed by atoms with E-state index in [4.69, 9.17) is 10.5 Å². The fourth-order valence-corrected chi connectivity index (χ4v) is 1.45. The van der Waals surface area contributed by atoms with Gasteiger partial charge in [0.1, 0.15) is 12.1 Å². The first kappa shape index (κ1) is 15.6. The first-order valence-electron chi connectivity index (χ1n) is 5.46. The topological polar surface area (TPSA) is 86.2 Å². The molecular weight excluding hydrogens is 322 g/mol. The number of nitriles is 2. The predicted octanol–water partition coefficient (Wildman–Crippen LogP) is 2.38. The molecule has 20 heavy (non-hydrogen) atoms. The lowest BCUT2D eigenvalue weighted by atomic mass is 10.0. The van der Waals surface area contributed by atoms with Crippen LogP contribution in [0, 0.1) is 22.7 Å². The van der Waals surface area contributed by atoms with Crippen LogP contribution < -0.4 is 0 Å². The van der Waals surface area contributed by atoms with Gasteiger partial charge < -0.3 is 4.74 Å². The summed E-state index contributed by atoms with van der Waals surface area (Å²) in [6.07, 6.45) is 3.51. The van der Waals surface area contributed by atoms with Crippen LogP contribution in [0.1, 0.15) is 5.56 Å². The average Bonchev–Trinajstić information content (AvgIpc) is 2.49. The highest BCUT2D eigenvalue weighted by Crippen LogP contribution is 2.13. The number of benzene rings is 1. The van der Waals surface area contributed by atoms with Crippen molar-refractivity contribution in [3.8, 4) is 12.1 Å². The van der Waals surface area contributed by atoms with E-state index >= 15 is 0 Å². The second kappa shape index (κ2) is 7.22. The maximum atomic E-state index is 11.0. The molecule has 0 aliphatic heterocycles. The number of halogens is 1. The Hall–Kier alpha value is -2.44. The van der Waals surface area contributed by atoms with Crippen molar-refractivity contribution >= 4 is 28.1 Å².